The van der Waals surface area contributed by atoms with Gasteiger partial charge in [0.05, 0.1) is 6.04 Å². The Labute approximate surface area is 149 Å². The van der Waals surface area contributed by atoms with Crippen LogP contribution in [0.5, 0.6) is 0 Å². The zero-order chi connectivity index (χ0) is 18.5. The first kappa shape index (κ1) is 18.4. The summed E-state index contributed by atoms with van der Waals surface area (Å²) in [6, 6.07) is 9.55. The van der Waals surface area contributed by atoms with Gasteiger partial charge in [-0.05, 0) is 48.4 Å². The van der Waals surface area contributed by atoms with E-state index < -0.39 is 17.7 Å². The maximum Gasteiger partial charge on any atom is 0.173 e. The summed E-state index contributed by atoms with van der Waals surface area (Å²) in [4.78, 5) is 12.2. The van der Waals surface area contributed by atoms with Crippen LogP contribution in [0.2, 0.25) is 0 Å². The fraction of sp³-hybridized carbons (Fsp3) is 0.250. The molecule has 2 aromatic rings. The van der Waals surface area contributed by atoms with Crippen LogP contribution in [-0.4, -0.2) is 31.0 Å². The van der Waals surface area contributed by atoms with Gasteiger partial charge in [0.15, 0.2) is 5.78 Å². The summed E-state index contributed by atoms with van der Waals surface area (Å²) in [5, 5.41) is 6.42. The molecule has 3 rings (SSSR count). The Morgan fingerprint density at radius 3 is 2.31 bits per heavy atom. The molecule has 0 aliphatic carbocycles. The number of halogens is 3. The van der Waals surface area contributed by atoms with E-state index in [0.717, 1.165) is 17.7 Å². The van der Waals surface area contributed by atoms with Crippen molar-refractivity contribution in [2.45, 2.75) is 18.5 Å². The van der Waals surface area contributed by atoms with Crippen molar-refractivity contribution < 1.29 is 18.0 Å². The van der Waals surface area contributed by atoms with Gasteiger partial charge in [0, 0.05) is 24.7 Å². The second kappa shape index (κ2) is 8.29. The summed E-state index contributed by atoms with van der Waals surface area (Å²) in [7, 11) is 0. The highest BCUT2D eigenvalue weighted by molar-refractivity contribution is 5.97. The average molecular weight is 360 g/mol. The highest BCUT2D eigenvalue weighted by Crippen LogP contribution is 2.14. The molecule has 0 aromatic heterocycles. The summed E-state index contributed by atoms with van der Waals surface area (Å²) >= 11 is 0. The van der Waals surface area contributed by atoms with E-state index in [9.17, 15) is 18.0 Å². The number of rotatable bonds is 5. The minimum absolute atomic E-state index is 0.123. The Balaban J connectivity index is 1.53. The van der Waals surface area contributed by atoms with Crippen LogP contribution in [0.15, 0.2) is 48.5 Å². The van der Waals surface area contributed by atoms with Crippen molar-refractivity contribution in [3.63, 3.8) is 0 Å². The van der Waals surface area contributed by atoms with Crippen LogP contribution in [-0.2, 0) is 11.2 Å². The lowest BCUT2D eigenvalue weighted by Gasteiger charge is -2.30. The van der Waals surface area contributed by atoms with Gasteiger partial charge in [0.2, 0.25) is 0 Å². The monoisotopic (exact) mass is 360 g/mol. The summed E-state index contributed by atoms with van der Waals surface area (Å²) < 4.78 is 40.1. The molecule has 1 heterocycles. The zero-order valence-electron chi connectivity index (χ0n) is 14.0. The molecule has 2 atom stereocenters. The quantitative estimate of drug-likeness (QED) is 0.806. The van der Waals surface area contributed by atoms with Crippen LogP contribution in [0.4, 0.5) is 13.2 Å². The SMILES string of the molecule is O=C(/C=C/c1c(F)cccc1F)C1CNC(Cc2ccc(F)cc2)CN1. The average Bonchev–Trinajstić information content (AvgIpc) is 2.64. The molecule has 136 valence electrons. The zero-order valence-corrected chi connectivity index (χ0v) is 14.0. The lowest BCUT2D eigenvalue weighted by Crippen LogP contribution is -2.57. The van der Waals surface area contributed by atoms with E-state index >= 15 is 0 Å². The summed E-state index contributed by atoms with van der Waals surface area (Å²) in [5.41, 5.74) is 0.782. The van der Waals surface area contributed by atoms with Gasteiger partial charge < -0.3 is 10.6 Å². The van der Waals surface area contributed by atoms with Crippen LogP contribution < -0.4 is 10.6 Å². The molecular formula is C20H19F3N2O. The van der Waals surface area contributed by atoms with Gasteiger partial charge in [-0.1, -0.05) is 18.2 Å². The van der Waals surface area contributed by atoms with Crippen LogP contribution in [0.1, 0.15) is 11.1 Å². The number of piperazine rings is 1. The molecule has 1 aliphatic rings. The lowest BCUT2D eigenvalue weighted by atomic mass is 10.0. The smallest absolute Gasteiger partial charge is 0.173 e. The number of hydrogen-bond acceptors (Lipinski definition) is 3. The van der Waals surface area contributed by atoms with E-state index in [1.54, 1.807) is 12.1 Å². The second-order valence-electron chi connectivity index (χ2n) is 6.27. The third-order valence-corrected chi connectivity index (χ3v) is 4.37. The second-order valence-corrected chi connectivity index (χ2v) is 6.27. The Bertz CT molecular complexity index is 777. The molecule has 1 fully saturated rings. The highest BCUT2D eigenvalue weighted by atomic mass is 19.1. The molecule has 0 spiro atoms. The predicted molar refractivity (Wildman–Crippen MR) is 94.1 cm³/mol. The number of carbonyl (C=O) groups is 1. The molecule has 2 unspecified atom stereocenters. The van der Waals surface area contributed by atoms with Crippen molar-refractivity contribution in [2.24, 2.45) is 0 Å². The molecule has 1 aliphatic heterocycles. The molecule has 0 radical (unpaired) electrons. The van der Waals surface area contributed by atoms with Gasteiger partial charge >= 0.3 is 0 Å². The maximum absolute atomic E-state index is 13.6. The first-order valence-corrected chi connectivity index (χ1v) is 8.40. The van der Waals surface area contributed by atoms with Crippen molar-refractivity contribution in [2.75, 3.05) is 13.1 Å². The molecular weight excluding hydrogens is 341 g/mol. The van der Waals surface area contributed by atoms with Gasteiger partial charge in [-0.3, -0.25) is 4.79 Å². The molecule has 3 nitrogen and oxygen atoms in total. The molecule has 26 heavy (non-hydrogen) atoms. The third-order valence-electron chi connectivity index (χ3n) is 4.37. The third kappa shape index (κ3) is 4.59. The Kier molecular flexibility index (Phi) is 5.85. The molecule has 0 amide bonds. The molecule has 6 heteroatoms. The van der Waals surface area contributed by atoms with E-state index in [4.69, 9.17) is 0 Å². The summed E-state index contributed by atoms with van der Waals surface area (Å²) in [6.07, 6.45) is 3.07. The van der Waals surface area contributed by atoms with E-state index in [2.05, 4.69) is 10.6 Å². The lowest BCUT2D eigenvalue weighted by molar-refractivity contribution is -0.116. The normalized spacial score (nSPS) is 20.4. The Hall–Kier alpha value is -2.44. The van der Waals surface area contributed by atoms with Crippen LogP contribution in [0, 0.1) is 17.5 Å². The van der Waals surface area contributed by atoms with Crippen LogP contribution in [0.3, 0.4) is 0 Å². The first-order valence-electron chi connectivity index (χ1n) is 8.40. The van der Waals surface area contributed by atoms with Crippen molar-refractivity contribution in [3.05, 3.63) is 77.1 Å². The minimum Gasteiger partial charge on any atom is -0.310 e. The van der Waals surface area contributed by atoms with Crippen molar-refractivity contribution in [1.29, 1.82) is 0 Å². The van der Waals surface area contributed by atoms with E-state index in [0.29, 0.717) is 19.5 Å². The van der Waals surface area contributed by atoms with Gasteiger partial charge in [0.25, 0.3) is 0 Å². The topological polar surface area (TPSA) is 41.1 Å². The minimum atomic E-state index is -0.705. The summed E-state index contributed by atoms with van der Waals surface area (Å²) in [5.74, 6) is -1.93. The van der Waals surface area contributed by atoms with Crippen LogP contribution >= 0.6 is 0 Å². The summed E-state index contributed by atoms with van der Waals surface area (Å²) in [6.45, 7) is 0.977. The van der Waals surface area contributed by atoms with Gasteiger partial charge in [-0.15, -0.1) is 0 Å². The number of carbonyl (C=O) groups excluding carboxylic acids is 1. The highest BCUT2D eigenvalue weighted by Gasteiger charge is 2.24. The Morgan fingerprint density at radius 1 is 1.00 bits per heavy atom. The van der Waals surface area contributed by atoms with Crippen molar-refractivity contribution in [1.82, 2.24) is 10.6 Å². The van der Waals surface area contributed by atoms with Crippen molar-refractivity contribution in [3.8, 4) is 0 Å². The molecule has 0 bridgehead atoms. The van der Waals surface area contributed by atoms with Gasteiger partial charge in [-0.2, -0.15) is 0 Å². The molecule has 2 aromatic carbocycles. The molecule has 2 N–H and O–H groups in total. The number of nitrogens with one attached hydrogen (secondary N) is 2. The standard InChI is InChI=1S/C20H19F3N2O/c21-14-6-4-13(5-7-14)10-15-11-25-19(12-24-15)20(26)9-8-16-17(22)2-1-3-18(16)23/h1-9,15,19,24-25H,10-12H2/b9-8+. The number of benzene rings is 2. The van der Waals surface area contributed by atoms with E-state index in [-0.39, 0.29) is 23.2 Å². The van der Waals surface area contributed by atoms with Crippen LogP contribution in [0.25, 0.3) is 6.08 Å². The first-order chi connectivity index (χ1) is 12.5. The van der Waals surface area contributed by atoms with Gasteiger partial charge in [0.1, 0.15) is 17.5 Å². The largest absolute Gasteiger partial charge is 0.310 e. The Morgan fingerprint density at radius 2 is 1.69 bits per heavy atom. The fourth-order valence-electron chi connectivity index (χ4n) is 2.92. The van der Waals surface area contributed by atoms with Crippen molar-refractivity contribution >= 4 is 11.9 Å². The fourth-order valence-corrected chi connectivity index (χ4v) is 2.92. The van der Waals surface area contributed by atoms with E-state index in [1.165, 1.54) is 30.4 Å². The number of ketones is 1. The van der Waals surface area contributed by atoms with Gasteiger partial charge in [-0.25, -0.2) is 13.2 Å². The van der Waals surface area contributed by atoms with E-state index in [1.807, 2.05) is 0 Å². The predicted octanol–water partition coefficient (Wildman–Crippen LogP) is 2.86. The molecule has 0 saturated carbocycles. The molecule has 1 saturated heterocycles. The number of hydrogen-bond donors (Lipinski definition) is 2. The maximum atomic E-state index is 13.6.